The van der Waals surface area contributed by atoms with E-state index in [9.17, 15) is 9.90 Å². The number of hydrazine groups is 1. The fraction of sp³-hybridized carbons (Fsp3) is 0.0556. The van der Waals surface area contributed by atoms with E-state index >= 15 is 0 Å². The number of amides is 1. The summed E-state index contributed by atoms with van der Waals surface area (Å²) in [5, 5.41) is 9.91. The second-order valence-electron chi connectivity index (χ2n) is 4.70. The predicted octanol–water partition coefficient (Wildman–Crippen LogP) is 2.57. The average molecular weight is 294 g/mol. The highest BCUT2D eigenvalue weighted by atomic mass is 16.3. The smallest absolute Gasteiger partial charge is 0.271 e. The Labute approximate surface area is 129 Å². The van der Waals surface area contributed by atoms with Gasteiger partial charge in [0.05, 0.1) is 0 Å². The topological polar surface area (TPSA) is 61.4 Å². The molecule has 0 saturated carbocycles. The van der Waals surface area contributed by atoms with Crippen molar-refractivity contribution in [2.24, 2.45) is 0 Å². The third-order valence-corrected chi connectivity index (χ3v) is 2.99. The first-order valence-electron chi connectivity index (χ1n) is 6.88. The van der Waals surface area contributed by atoms with Gasteiger partial charge < -0.3 is 5.11 Å². The van der Waals surface area contributed by atoms with Crippen LogP contribution in [0.15, 0.2) is 79.0 Å². The average Bonchev–Trinajstić information content (AvgIpc) is 2.58. The van der Waals surface area contributed by atoms with Crippen molar-refractivity contribution in [3.8, 4) is 0 Å². The molecule has 0 radical (unpaired) electrons. The molecule has 0 aromatic heterocycles. The quantitative estimate of drug-likeness (QED) is 0.567. The SMILES string of the molecule is C=C(/C=C/c1ccccc1)NNC(=O)[C@H](O)c1ccccc1. The summed E-state index contributed by atoms with van der Waals surface area (Å²) < 4.78 is 0. The molecule has 4 nitrogen and oxygen atoms in total. The fourth-order valence-electron chi connectivity index (χ4n) is 1.80. The lowest BCUT2D eigenvalue weighted by molar-refractivity contribution is -0.130. The van der Waals surface area contributed by atoms with E-state index in [1.807, 2.05) is 42.5 Å². The first kappa shape index (κ1) is 15.5. The summed E-state index contributed by atoms with van der Waals surface area (Å²) in [5.74, 6) is -0.541. The molecule has 0 spiro atoms. The minimum Gasteiger partial charge on any atom is -0.378 e. The molecular weight excluding hydrogens is 276 g/mol. The van der Waals surface area contributed by atoms with Gasteiger partial charge >= 0.3 is 0 Å². The molecule has 0 bridgehead atoms. The van der Waals surface area contributed by atoms with Crippen LogP contribution in [0.2, 0.25) is 0 Å². The van der Waals surface area contributed by atoms with Gasteiger partial charge in [0, 0.05) is 5.70 Å². The lowest BCUT2D eigenvalue weighted by atomic mass is 10.1. The second kappa shape index (κ2) is 7.81. The normalized spacial score (nSPS) is 11.9. The van der Waals surface area contributed by atoms with Gasteiger partial charge in [0.2, 0.25) is 0 Å². The van der Waals surface area contributed by atoms with Crippen molar-refractivity contribution in [2.75, 3.05) is 0 Å². The van der Waals surface area contributed by atoms with E-state index in [1.54, 1.807) is 30.3 Å². The first-order chi connectivity index (χ1) is 10.7. The Morgan fingerprint density at radius 2 is 1.59 bits per heavy atom. The largest absolute Gasteiger partial charge is 0.378 e. The molecule has 4 heteroatoms. The highest BCUT2D eigenvalue weighted by Gasteiger charge is 2.16. The van der Waals surface area contributed by atoms with Crippen molar-refractivity contribution in [3.63, 3.8) is 0 Å². The van der Waals surface area contributed by atoms with Crippen LogP contribution in [0.5, 0.6) is 0 Å². The van der Waals surface area contributed by atoms with Gasteiger partial charge in [0.25, 0.3) is 5.91 Å². The third kappa shape index (κ3) is 4.61. The van der Waals surface area contributed by atoms with Crippen LogP contribution in [-0.4, -0.2) is 11.0 Å². The van der Waals surface area contributed by atoms with E-state index < -0.39 is 12.0 Å². The molecule has 22 heavy (non-hydrogen) atoms. The molecule has 112 valence electrons. The van der Waals surface area contributed by atoms with E-state index in [0.29, 0.717) is 11.3 Å². The zero-order valence-corrected chi connectivity index (χ0v) is 12.1. The number of hydrogen-bond acceptors (Lipinski definition) is 3. The highest BCUT2D eigenvalue weighted by molar-refractivity contribution is 5.81. The fourth-order valence-corrected chi connectivity index (χ4v) is 1.80. The second-order valence-corrected chi connectivity index (χ2v) is 4.70. The lowest BCUT2D eigenvalue weighted by Crippen LogP contribution is -2.39. The molecule has 1 atom stereocenters. The maximum atomic E-state index is 11.8. The van der Waals surface area contributed by atoms with Gasteiger partial charge in [-0.25, -0.2) is 0 Å². The van der Waals surface area contributed by atoms with E-state index in [1.165, 1.54) is 0 Å². The maximum absolute atomic E-state index is 11.8. The Kier molecular flexibility index (Phi) is 5.51. The predicted molar refractivity (Wildman–Crippen MR) is 87.3 cm³/mol. The summed E-state index contributed by atoms with van der Waals surface area (Å²) in [4.78, 5) is 11.8. The number of carbonyl (C=O) groups excluding carboxylic acids is 1. The van der Waals surface area contributed by atoms with E-state index in [2.05, 4.69) is 17.4 Å². The molecule has 0 fully saturated rings. The molecule has 0 saturated heterocycles. The van der Waals surface area contributed by atoms with Crippen LogP contribution < -0.4 is 10.9 Å². The summed E-state index contributed by atoms with van der Waals surface area (Å²) in [6, 6.07) is 18.5. The van der Waals surface area contributed by atoms with Crippen molar-refractivity contribution in [3.05, 3.63) is 90.1 Å². The van der Waals surface area contributed by atoms with Crippen molar-refractivity contribution in [1.82, 2.24) is 10.9 Å². The number of benzene rings is 2. The van der Waals surface area contributed by atoms with Gasteiger partial charge in [-0.3, -0.25) is 15.6 Å². The third-order valence-electron chi connectivity index (χ3n) is 2.99. The first-order valence-corrected chi connectivity index (χ1v) is 6.88. The molecule has 1 amide bonds. The van der Waals surface area contributed by atoms with Crippen LogP contribution >= 0.6 is 0 Å². The minimum absolute atomic E-state index is 0.512. The van der Waals surface area contributed by atoms with Crippen LogP contribution in [0, 0.1) is 0 Å². The summed E-state index contributed by atoms with van der Waals surface area (Å²) in [6.07, 6.45) is 2.39. The number of aliphatic hydroxyl groups excluding tert-OH is 1. The van der Waals surface area contributed by atoms with Crippen LogP contribution in [-0.2, 0) is 4.79 Å². The Bertz CT molecular complexity index is 651. The number of rotatable bonds is 6. The Morgan fingerprint density at radius 3 is 2.23 bits per heavy atom. The number of nitrogens with one attached hydrogen (secondary N) is 2. The molecule has 0 aliphatic heterocycles. The van der Waals surface area contributed by atoms with E-state index in [4.69, 9.17) is 0 Å². The molecule has 0 heterocycles. The van der Waals surface area contributed by atoms with Gasteiger partial charge in [-0.05, 0) is 17.2 Å². The van der Waals surface area contributed by atoms with Crippen molar-refractivity contribution >= 4 is 12.0 Å². The van der Waals surface area contributed by atoms with Crippen LogP contribution in [0.25, 0.3) is 6.08 Å². The van der Waals surface area contributed by atoms with Crippen molar-refractivity contribution < 1.29 is 9.90 Å². The Morgan fingerprint density at radius 1 is 1.00 bits per heavy atom. The van der Waals surface area contributed by atoms with Gasteiger partial charge in [-0.1, -0.05) is 73.3 Å². The van der Waals surface area contributed by atoms with Crippen LogP contribution in [0.3, 0.4) is 0 Å². The van der Waals surface area contributed by atoms with E-state index in [-0.39, 0.29) is 0 Å². The van der Waals surface area contributed by atoms with Crippen LogP contribution in [0.4, 0.5) is 0 Å². The maximum Gasteiger partial charge on any atom is 0.271 e. The summed E-state index contributed by atoms with van der Waals surface area (Å²) >= 11 is 0. The van der Waals surface area contributed by atoms with Crippen molar-refractivity contribution in [2.45, 2.75) is 6.10 Å². The number of carbonyl (C=O) groups is 1. The zero-order chi connectivity index (χ0) is 15.8. The molecule has 2 rings (SSSR count). The van der Waals surface area contributed by atoms with Crippen LogP contribution in [0.1, 0.15) is 17.2 Å². The molecule has 0 aliphatic rings. The summed E-state index contributed by atoms with van der Waals surface area (Å²) in [6.45, 7) is 3.78. The number of allylic oxidation sites excluding steroid dienone is 1. The number of aliphatic hydroxyl groups is 1. The molecule has 2 aromatic carbocycles. The van der Waals surface area contributed by atoms with Gasteiger partial charge in [0.15, 0.2) is 6.10 Å². The van der Waals surface area contributed by atoms with E-state index in [0.717, 1.165) is 5.56 Å². The van der Waals surface area contributed by atoms with Gasteiger partial charge in [0.1, 0.15) is 0 Å². The van der Waals surface area contributed by atoms with Gasteiger partial charge in [-0.2, -0.15) is 0 Å². The van der Waals surface area contributed by atoms with Gasteiger partial charge in [-0.15, -0.1) is 0 Å². The Hall–Kier alpha value is -2.85. The number of hydrogen-bond donors (Lipinski definition) is 3. The summed E-state index contributed by atoms with van der Waals surface area (Å²) in [5.41, 5.74) is 7.16. The monoisotopic (exact) mass is 294 g/mol. The summed E-state index contributed by atoms with van der Waals surface area (Å²) in [7, 11) is 0. The molecule has 3 N–H and O–H groups in total. The zero-order valence-electron chi connectivity index (χ0n) is 12.1. The van der Waals surface area contributed by atoms with Crippen molar-refractivity contribution in [1.29, 1.82) is 0 Å². The Balaban J connectivity index is 1.83. The molecule has 0 aliphatic carbocycles. The molecule has 2 aromatic rings. The standard InChI is InChI=1S/C18H18N2O2/c1-14(12-13-15-8-4-2-5-9-15)19-20-18(22)17(21)16-10-6-3-7-11-16/h2-13,17,19,21H,1H2,(H,20,22)/b13-12+/t17-/m1/s1. The highest BCUT2D eigenvalue weighted by Crippen LogP contribution is 2.11. The molecular formula is C18H18N2O2. The minimum atomic E-state index is -1.22. The molecule has 0 unspecified atom stereocenters. The lowest BCUT2D eigenvalue weighted by Gasteiger charge is -2.13.